The summed E-state index contributed by atoms with van der Waals surface area (Å²) in [6.07, 6.45) is -2.51. The number of rotatable bonds is 4. The first kappa shape index (κ1) is 12.8. The fraction of sp³-hybridized carbons (Fsp3) is 0.625. The van der Waals surface area contributed by atoms with Crippen LogP contribution in [0.25, 0.3) is 0 Å². The lowest BCUT2D eigenvalue weighted by molar-refractivity contribution is -0.141. The maximum atomic E-state index is 12.5. The molecule has 0 saturated carbocycles. The third-order valence-corrected chi connectivity index (χ3v) is 3.42. The van der Waals surface area contributed by atoms with Crippen molar-refractivity contribution in [3.63, 3.8) is 0 Å². The molecular weight excluding hydrogens is 245 g/mol. The van der Waals surface area contributed by atoms with Gasteiger partial charge in [-0.3, -0.25) is 0 Å². The van der Waals surface area contributed by atoms with Gasteiger partial charge in [0.1, 0.15) is 5.01 Å². The van der Waals surface area contributed by atoms with Crippen LogP contribution >= 0.6 is 23.1 Å². The Morgan fingerprint density at radius 3 is 2.60 bits per heavy atom. The van der Waals surface area contributed by atoms with Crippen LogP contribution in [0.5, 0.6) is 0 Å². The average molecular weight is 256 g/mol. The number of thiazole rings is 1. The molecule has 0 aliphatic heterocycles. The molecule has 0 unspecified atom stereocenters. The predicted molar refractivity (Wildman–Crippen MR) is 57.1 cm³/mol. The Bertz CT molecular complexity index is 322. The Kier molecular flexibility index (Phi) is 4.42. The molecule has 0 spiro atoms. The summed E-state index contributed by atoms with van der Waals surface area (Å²) in [5.74, 6) is 0.525. The van der Waals surface area contributed by atoms with Crippen LogP contribution in [0.4, 0.5) is 13.2 Å². The zero-order valence-electron chi connectivity index (χ0n) is 8.31. The van der Waals surface area contributed by atoms with Crippen molar-refractivity contribution in [3.05, 3.63) is 15.6 Å². The van der Waals surface area contributed by atoms with E-state index in [0.717, 1.165) is 11.3 Å². The molecule has 0 aliphatic carbocycles. The number of nitrogens with one attached hydrogen (secondary N) is 1. The topological polar surface area (TPSA) is 24.9 Å². The van der Waals surface area contributed by atoms with Crippen molar-refractivity contribution in [1.82, 2.24) is 10.3 Å². The average Bonchev–Trinajstić information content (AvgIpc) is 2.49. The maximum absolute atomic E-state index is 12.5. The van der Waals surface area contributed by atoms with E-state index in [-0.39, 0.29) is 11.4 Å². The Balaban J connectivity index is 3.00. The fourth-order valence-corrected chi connectivity index (χ4v) is 2.88. The summed E-state index contributed by atoms with van der Waals surface area (Å²) in [4.78, 5) is 3.88. The van der Waals surface area contributed by atoms with E-state index in [1.165, 1.54) is 11.8 Å². The molecule has 1 aromatic heterocycles. The van der Waals surface area contributed by atoms with Crippen LogP contribution in [0.3, 0.4) is 0 Å². The molecule has 0 radical (unpaired) electrons. The number of alkyl halides is 3. The molecule has 86 valence electrons. The van der Waals surface area contributed by atoms with E-state index in [9.17, 15) is 13.2 Å². The van der Waals surface area contributed by atoms with Gasteiger partial charge < -0.3 is 5.32 Å². The number of hydrogen-bond acceptors (Lipinski definition) is 4. The number of thioether (sulfide) groups is 1. The van der Waals surface area contributed by atoms with Gasteiger partial charge in [0.25, 0.3) is 0 Å². The van der Waals surface area contributed by atoms with Gasteiger partial charge >= 0.3 is 6.18 Å². The van der Waals surface area contributed by atoms with Gasteiger partial charge in [-0.1, -0.05) is 0 Å². The molecule has 2 nitrogen and oxygen atoms in total. The van der Waals surface area contributed by atoms with Crippen LogP contribution in [-0.2, 0) is 18.5 Å². The van der Waals surface area contributed by atoms with E-state index in [2.05, 4.69) is 10.3 Å². The van der Waals surface area contributed by atoms with E-state index in [1.54, 1.807) is 7.05 Å². The lowest BCUT2D eigenvalue weighted by Gasteiger charge is -2.04. The summed E-state index contributed by atoms with van der Waals surface area (Å²) in [6, 6.07) is 0. The van der Waals surface area contributed by atoms with Crippen molar-refractivity contribution >= 4 is 23.1 Å². The van der Waals surface area contributed by atoms with Gasteiger partial charge in [0.2, 0.25) is 0 Å². The second kappa shape index (κ2) is 5.18. The summed E-state index contributed by atoms with van der Waals surface area (Å²) < 4.78 is 37.6. The van der Waals surface area contributed by atoms with Gasteiger partial charge in [-0.05, 0) is 13.3 Å². The van der Waals surface area contributed by atoms with Crippen molar-refractivity contribution in [2.75, 3.05) is 13.3 Å². The van der Waals surface area contributed by atoms with Gasteiger partial charge in [-0.2, -0.15) is 24.9 Å². The standard InChI is InChI=1S/C8H11F3N2S2/c1-12-3-5-7(8(9,10)11)13-6(15-5)4-14-2/h12H,3-4H2,1-2H3. The van der Waals surface area contributed by atoms with Crippen LogP contribution in [0.2, 0.25) is 0 Å². The molecule has 1 rings (SSSR count). The monoisotopic (exact) mass is 256 g/mol. The predicted octanol–water partition coefficient (Wildman–Crippen LogP) is 2.74. The normalized spacial score (nSPS) is 12.1. The van der Waals surface area contributed by atoms with Gasteiger partial charge in [0.15, 0.2) is 5.69 Å². The van der Waals surface area contributed by atoms with Crippen LogP contribution < -0.4 is 5.32 Å². The summed E-state index contributed by atoms with van der Waals surface area (Å²) in [5, 5.41) is 3.24. The van der Waals surface area contributed by atoms with Crippen molar-refractivity contribution in [3.8, 4) is 0 Å². The SMILES string of the molecule is CNCc1sc(CSC)nc1C(F)(F)F. The van der Waals surface area contributed by atoms with Crippen LogP contribution in [0.1, 0.15) is 15.6 Å². The van der Waals surface area contributed by atoms with Crippen LogP contribution in [0, 0.1) is 0 Å². The van der Waals surface area contributed by atoms with Crippen molar-refractivity contribution < 1.29 is 13.2 Å². The minimum atomic E-state index is -4.35. The quantitative estimate of drug-likeness (QED) is 0.896. The summed E-state index contributed by atoms with van der Waals surface area (Å²) in [5.41, 5.74) is -0.745. The Morgan fingerprint density at radius 1 is 1.47 bits per heavy atom. The summed E-state index contributed by atoms with van der Waals surface area (Å²) >= 11 is 2.59. The molecule has 0 aliphatic rings. The molecule has 0 aromatic carbocycles. The maximum Gasteiger partial charge on any atom is 0.434 e. The largest absolute Gasteiger partial charge is 0.434 e. The zero-order valence-corrected chi connectivity index (χ0v) is 9.94. The Labute approximate surface area is 94.3 Å². The highest BCUT2D eigenvalue weighted by atomic mass is 32.2. The molecular formula is C8H11F3N2S2. The molecule has 7 heteroatoms. The smallest absolute Gasteiger partial charge is 0.315 e. The van der Waals surface area contributed by atoms with Gasteiger partial charge in [0.05, 0.1) is 4.88 Å². The van der Waals surface area contributed by atoms with Crippen molar-refractivity contribution in [2.24, 2.45) is 0 Å². The minimum Gasteiger partial charge on any atom is -0.315 e. The first-order valence-electron chi connectivity index (χ1n) is 4.18. The highest BCUT2D eigenvalue weighted by molar-refractivity contribution is 7.97. The van der Waals surface area contributed by atoms with E-state index < -0.39 is 11.9 Å². The zero-order chi connectivity index (χ0) is 11.5. The van der Waals surface area contributed by atoms with E-state index in [4.69, 9.17) is 0 Å². The third kappa shape index (κ3) is 3.35. The Morgan fingerprint density at radius 2 is 2.13 bits per heavy atom. The highest BCUT2D eigenvalue weighted by Gasteiger charge is 2.36. The van der Waals surface area contributed by atoms with E-state index in [0.29, 0.717) is 10.8 Å². The second-order valence-corrected chi connectivity index (χ2v) is 4.87. The number of nitrogens with zero attached hydrogens (tertiary/aromatic N) is 1. The molecule has 0 amide bonds. The van der Waals surface area contributed by atoms with E-state index >= 15 is 0 Å². The van der Waals surface area contributed by atoms with Gasteiger partial charge in [0, 0.05) is 12.3 Å². The first-order valence-corrected chi connectivity index (χ1v) is 6.39. The molecule has 0 atom stereocenters. The van der Waals surface area contributed by atoms with Crippen LogP contribution in [0.15, 0.2) is 0 Å². The van der Waals surface area contributed by atoms with Crippen molar-refractivity contribution in [1.29, 1.82) is 0 Å². The van der Waals surface area contributed by atoms with Gasteiger partial charge in [-0.15, -0.1) is 11.3 Å². The molecule has 1 heterocycles. The first-order chi connectivity index (χ1) is 6.99. The fourth-order valence-electron chi connectivity index (χ4n) is 1.09. The van der Waals surface area contributed by atoms with Crippen LogP contribution in [-0.4, -0.2) is 18.3 Å². The number of hydrogen-bond donors (Lipinski definition) is 1. The molecule has 0 bridgehead atoms. The third-order valence-electron chi connectivity index (χ3n) is 1.62. The summed E-state index contributed by atoms with van der Waals surface area (Å²) in [6.45, 7) is 0.209. The highest BCUT2D eigenvalue weighted by Crippen LogP contribution is 2.35. The molecule has 15 heavy (non-hydrogen) atoms. The number of halogens is 3. The second-order valence-electron chi connectivity index (χ2n) is 2.84. The van der Waals surface area contributed by atoms with E-state index in [1.807, 2.05) is 6.26 Å². The lowest BCUT2D eigenvalue weighted by atomic mass is 10.3. The number of aromatic nitrogens is 1. The van der Waals surface area contributed by atoms with Crippen molar-refractivity contribution in [2.45, 2.75) is 18.5 Å². The Hall–Kier alpha value is -0.270. The molecule has 1 N–H and O–H groups in total. The molecule has 0 saturated heterocycles. The minimum absolute atomic E-state index is 0.209. The lowest BCUT2D eigenvalue weighted by Crippen LogP contribution is -2.12. The molecule has 1 aromatic rings. The summed E-state index contributed by atoms with van der Waals surface area (Å²) in [7, 11) is 1.62. The van der Waals surface area contributed by atoms with Gasteiger partial charge in [-0.25, -0.2) is 4.98 Å². The molecule has 0 fully saturated rings.